The van der Waals surface area contributed by atoms with Gasteiger partial charge < -0.3 is 4.74 Å². The van der Waals surface area contributed by atoms with Gasteiger partial charge >= 0.3 is 0 Å². The third-order valence-corrected chi connectivity index (χ3v) is 5.56. The monoisotopic (exact) mass is 319 g/mol. The van der Waals surface area contributed by atoms with Crippen molar-refractivity contribution in [2.24, 2.45) is 0 Å². The maximum absolute atomic E-state index is 14.0. The Morgan fingerprint density at radius 3 is 2.57 bits per heavy atom. The highest BCUT2D eigenvalue weighted by molar-refractivity contribution is 7.89. The first-order chi connectivity index (χ1) is 9.57. The molecule has 1 atom stereocenters. The SMILES string of the molecule is CCS(=O)(=O)N(C)C1CC(C)(C)Oc2c(F)cc(F)cc21. The molecule has 0 aliphatic carbocycles. The van der Waals surface area contributed by atoms with E-state index in [1.165, 1.54) is 18.3 Å². The summed E-state index contributed by atoms with van der Waals surface area (Å²) in [6, 6.07) is 1.23. The van der Waals surface area contributed by atoms with Crippen LogP contribution in [0.25, 0.3) is 0 Å². The van der Waals surface area contributed by atoms with Crippen molar-refractivity contribution in [3.8, 4) is 5.75 Å². The molecule has 1 aromatic rings. The zero-order chi connectivity index (χ0) is 16.0. The molecule has 7 heteroatoms. The first kappa shape index (κ1) is 16.2. The van der Waals surface area contributed by atoms with Crippen LogP contribution in [-0.4, -0.2) is 31.1 Å². The second-order valence-corrected chi connectivity index (χ2v) is 8.12. The van der Waals surface area contributed by atoms with E-state index < -0.39 is 33.3 Å². The summed E-state index contributed by atoms with van der Waals surface area (Å²) in [7, 11) is -2.06. The molecule has 118 valence electrons. The average Bonchev–Trinajstić information content (AvgIpc) is 2.37. The van der Waals surface area contributed by atoms with Gasteiger partial charge in [0.1, 0.15) is 11.4 Å². The maximum Gasteiger partial charge on any atom is 0.214 e. The van der Waals surface area contributed by atoms with Gasteiger partial charge in [0.2, 0.25) is 10.0 Å². The zero-order valence-electron chi connectivity index (χ0n) is 12.5. The van der Waals surface area contributed by atoms with Crippen LogP contribution in [0.4, 0.5) is 8.78 Å². The first-order valence-electron chi connectivity index (χ1n) is 6.71. The van der Waals surface area contributed by atoms with Gasteiger partial charge in [-0.15, -0.1) is 0 Å². The van der Waals surface area contributed by atoms with Crippen LogP contribution in [0.2, 0.25) is 0 Å². The summed E-state index contributed by atoms with van der Waals surface area (Å²) in [6.45, 7) is 5.03. The Morgan fingerprint density at radius 1 is 1.38 bits per heavy atom. The lowest BCUT2D eigenvalue weighted by Gasteiger charge is -2.40. The Kier molecular flexibility index (Phi) is 4.01. The van der Waals surface area contributed by atoms with Crippen molar-refractivity contribution < 1.29 is 21.9 Å². The second kappa shape index (κ2) is 5.21. The molecule has 0 saturated carbocycles. The molecule has 1 heterocycles. The molecular weight excluding hydrogens is 300 g/mol. The van der Waals surface area contributed by atoms with Gasteiger partial charge in [0.15, 0.2) is 11.6 Å². The van der Waals surface area contributed by atoms with Gasteiger partial charge in [0, 0.05) is 25.1 Å². The van der Waals surface area contributed by atoms with Crippen LogP contribution in [0.5, 0.6) is 5.75 Å². The quantitative estimate of drug-likeness (QED) is 0.860. The highest BCUT2D eigenvalue weighted by Crippen LogP contribution is 2.44. The Bertz CT molecular complexity index is 658. The Morgan fingerprint density at radius 2 is 2.00 bits per heavy atom. The van der Waals surface area contributed by atoms with Gasteiger partial charge in [-0.1, -0.05) is 0 Å². The predicted molar refractivity (Wildman–Crippen MR) is 75.6 cm³/mol. The summed E-state index contributed by atoms with van der Waals surface area (Å²) in [5.74, 6) is -1.71. The van der Waals surface area contributed by atoms with Gasteiger partial charge in [-0.3, -0.25) is 0 Å². The maximum atomic E-state index is 14.0. The summed E-state index contributed by atoms with van der Waals surface area (Å²) < 4.78 is 58.4. The van der Waals surface area contributed by atoms with Crippen LogP contribution in [-0.2, 0) is 10.0 Å². The van der Waals surface area contributed by atoms with Crippen molar-refractivity contribution in [2.45, 2.75) is 38.8 Å². The van der Waals surface area contributed by atoms with Gasteiger partial charge in [0.25, 0.3) is 0 Å². The molecule has 0 bridgehead atoms. The molecule has 1 aliphatic heterocycles. The van der Waals surface area contributed by atoms with E-state index in [9.17, 15) is 17.2 Å². The van der Waals surface area contributed by atoms with Crippen molar-refractivity contribution in [3.63, 3.8) is 0 Å². The zero-order valence-corrected chi connectivity index (χ0v) is 13.3. The number of ether oxygens (including phenoxy) is 1. The van der Waals surface area contributed by atoms with E-state index in [0.29, 0.717) is 6.42 Å². The van der Waals surface area contributed by atoms with Gasteiger partial charge in [-0.05, 0) is 26.8 Å². The van der Waals surface area contributed by atoms with Crippen LogP contribution in [0.15, 0.2) is 12.1 Å². The minimum Gasteiger partial charge on any atom is -0.484 e. The lowest BCUT2D eigenvalue weighted by molar-refractivity contribution is 0.0489. The number of benzene rings is 1. The Labute approximate surface area is 123 Å². The van der Waals surface area contributed by atoms with Crippen molar-refractivity contribution >= 4 is 10.0 Å². The minimum absolute atomic E-state index is 0.0733. The van der Waals surface area contributed by atoms with E-state index in [1.807, 2.05) is 0 Å². The lowest BCUT2D eigenvalue weighted by atomic mass is 9.89. The normalized spacial score (nSPS) is 21.0. The summed E-state index contributed by atoms with van der Waals surface area (Å²) in [6.07, 6.45) is 0.318. The number of halogens is 2. The third kappa shape index (κ3) is 3.03. The summed E-state index contributed by atoms with van der Waals surface area (Å²) in [5, 5.41) is 0. The van der Waals surface area contributed by atoms with E-state index in [1.54, 1.807) is 13.8 Å². The fourth-order valence-electron chi connectivity index (χ4n) is 2.55. The number of rotatable bonds is 3. The molecule has 2 rings (SSSR count). The molecule has 0 fully saturated rings. The Balaban J connectivity index is 2.59. The van der Waals surface area contributed by atoms with Crippen molar-refractivity contribution in [1.29, 1.82) is 0 Å². The van der Waals surface area contributed by atoms with E-state index in [4.69, 9.17) is 4.74 Å². The van der Waals surface area contributed by atoms with Gasteiger partial charge in [0.05, 0.1) is 11.8 Å². The lowest BCUT2D eigenvalue weighted by Crippen LogP contribution is -2.43. The first-order valence-corrected chi connectivity index (χ1v) is 8.32. The van der Waals surface area contributed by atoms with E-state index in [2.05, 4.69) is 0 Å². The standard InChI is InChI=1S/C14H19F2NO3S/c1-5-21(18,19)17(4)12-8-14(2,3)20-13-10(12)6-9(15)7-11(13)16/h6-7,12H,5,8H2,1-4H3. The number of hydrogen-bond donors (Lipinski definition) is 0. The highest BCUT2D eigenvalue weighted by atomic mass is 32.2. The van der Waals surface area contributed by atoms with Crippen molar-refractivity contribution in [3.05, 3.63) is 29.3 Å². The summed E-state index contributed by atoms with van der Waals surface area (Å²) in [5.41, 5.74) is -0.514. The van der Waals surface area contributed by atoms with Gasteiger partial charge in [-0.25, -0.2) is 17.2 Å². The number of hydrogen-bond acceptors (Lipinski definition) is 3. The summed E-state index contributed by atoms with van der Waals surface area (Å²) >= 11 is 0. The topological polar surface area (TPSA) is 46.6 Å². The molecule has 1 aromatic carbocycles. The van der Waals surface area contributed by atoms with Crippen LogP contribution in [0.3, 0.4) is 0 Å². The fraction of sp³-hybridized carbons (Fsp3) is 0.571. The largest absolute Gasteiger partial charge is 0.484 e. The highest BCUT2D eigenvalue weighted by Gasteiger charge is 2.40. The molecule has 0 radical (unpaired) electrons. The molecule has 21 heavy (non-hydrogen) atoms. The van der Waals surface area contributed by atoms with Crippen LogP contribution in [0.1, 0.15) is 38.8 Å². The third-order valence-electron chi connectivity index (χ3n) is 3.70. The number of nitrogens with zero attached hydrogens (tertiary/aromatic N) is 1. The number of sulfonamides is 1. The molecule has 0 amide bonds. The van der Waals surface area contributed by atoms with Crippen LogP contribution < -0.4 is 4.74 Å². The van der Waals surface area contributed by atoms with E-state index in [0.717, 1.165) is 12.1 Å². The fourth-order valence-corrected chi connectivity index (χ4v) is 3.53. The van der Waals surface area contributed by atoms with E-state index in [-0.39, 0.29) is 17.1 Å². The molecule has 1 aliphatic rings. The number of fused-ring (bicyclic) bond motifs is 1. The van der Waals surface area contributed by atoms with Crippen LogP contribution in [0, 0.1) is 11.6 Å². The predicted octanol–water partition coefficient (Wildman–Crippen LogP) is 2.85. The molecular formula is C14H19F2NO3S. The minimum atomic E-state index is -3.48. The van der Waals surface area contributed by atoms with Gasteiger partial charge in [-0.2, -0.15) is 4.31 Å². The molecule has 4 nitrogen and oxygen atoms in total. The van der Waals surface area contributed by atoms with E-state index >= 15 is 0 Å². The van der Waals surface area contributed by atoms with Crippen molar-refractivity contribution in [2.75, 3.05) is 12.8 Å². The molecule has 0 aromatic heterocycles. The van der Waals surface area contributed by atoms with Crippen LogP contribution >= 0.6 is 0 Å². The molecule has 1 unspecified atom stereocenters. The smallest absolute Gasteiger partial charge is 0.214 e. The molecule has 0 saturated heterocycles. The average molecular weight is 319 g/mol. The molecule has 0 spiro atoms. The van der Waals surface area contributed by atoms with Crippen molar-refractivity contribution in [1.82, 2.24) is 4.31 Å². The summed E-state index contributed by atoms with van der Waals surface area (Å²) in [4.78, 5) is 0. The second-order valence-electron chi connectivity index (χ2n) is 5.80. The molecule has 0 N–H and O–H groups in total. The Hall–Kier alpha value is -1.21.